The zero-order chi connectivity index (χ0) is 31.8. The van der Waals surface area contributed by atoms with E-state index in [2.05, 4.69) is 10.3 Å². The Morgan fingerprint density at radius 1 is 0.721 bits per heavy atom. The lowest BCUT2D eigenvalue weighted by atomic mass is 9.77. The Morgan fingerprint density at radius 3 is 1.93 bits per heavy atom. The first-order valence-corrected chi connectivity index (χ1v) is 12.4. The van der Waals surface area contributed by atoms with Gasteiger partial charge in [0.15, 0.2) is 0 Å². The molecule has 0 spiro atoms. The number of nitrogens with one attached hydrogen (secondary N) is 1. The molecule has 14 heteroatoms. The molecule has 0 saturated carbocycles. The normalized spacial score (nSPS) is 13.8. The highest BCUT2D eigenvalue weighted by molar-refractivity contribution is 6.30. The van der Waals surface area contributed by atoms with Crippen LogP contribution in [-0.4, -0.2) is 10.9 Å². The molecule has 3 nitrogen and oxygen atoms in total. The van der Waals surface area contributed by atoms with Crippen molar-refractivity contribution in [1.82, 2.24) is 10.3 Å². The molecular formula is C29H17ClF10N2O. The molecule has 0 unspecified atom stereocenters. The van der Waals surface area contributed by atoms with Gasteiger partial charge in [0, 0.05) is 18.2 Å². The van der Waals surface area contributed by atoms with Crippen LogP contribution in [0.5, 0.6) is 0 Å². The number of carbonyl (C=O) groups excluding carboxylic acids is 1. The van der Waals surface area contributed by atoms with E-state index in [1.165, 1.54) is 24.3 Å². The molecule has 0 fully saturated rings. The van der Waals surface area contributed by atoms with Crippen molar-refractivity contribution in [2.75, 3.05) is 0 Å². The minimum atomic E-state index is -5.27. The monoisotopic (exact) mass is 634 g/mol. The fraction of sp³-hybridized carbons (Fsp3) is 0.172. The quantitative estimate of drug-likeness (QED) is 0.215. The summed E-state index contributed by atoms with van der Waals surface area (Å²) in [6.45, 7) is 0. The molecule has 0 aliphatic heterocycles. The molecule has 1 aromatic heterocycles. The molecule has 1 heterocycles. The van der Waals surface area contributed by atoms with Crippen molar-refractivity contribution in [3.05, 3.63) is 135 Å². The SMILES string of the molecule is O=C(N[C@@](Cc1ccccc1)(c1ccc(Cl)cn1)c1cc(C(F)(F)F)ccc1C(F)(F)F)c1ccc(F)c(C(F)(F)F)c1. The molecular weight excluding hydrogens is 618 g/mol. The van der Waals surface area contributed by atoms with Gasteiger partial charge in [0.2, 0.25) is 0 Å². The maximum Gasteiger partial charge on any atom is 0.419 e. The van der Waals surface area contributed by atoms with E-state index >= 15 is 0 Å². The Kier molecular flexibility index (Phi) is 8.51. The summed E-state index contributed by atoms with van der Waals surface area (Å²) in [5.74, 6) is -3.18. The highest BCUT2D eigenvalue weighted by atomic mass is 35.5. The first-order chi connectivity index (χ1) is 19.9. The summed E-state index contributed by atoms with van der Waals surface area (Å²) in [7, 11) is 0. The Bertz CT molecular complexity index is 1620. The fourth-order valence-corrected chi connectivity index (χ4v) is 4.61. The third-order valence-corrected chi connectivity index (χ3v) is 6.67. The van der Waals surface area contributed by atoms with Crippen molar-refractivity contribution in [2.45, 2.75) is 30.5 Å². The summed E-state index contributed by atoms with van der Waals surface area (Å²) in [5, 5.41) is 2.22. The lowest BCUT2D eigenvalue weighted by Gasteiger charge is -2.37. The molecule has 1 atom stereocenters. The highest BCUT2D eigenvalue weighted by Gasteiger charge is 2.47. The third kappa shape index (κ3) is 6.93. The van der Waals surface area contributed by atoms with Crippen LogP contribution >= 0.6 is 11.6 Å². The van der Waals surface area contributed by atoms with Gasteiger partial charge in [0.05, 0.1) is 27.4 Å². The molecule has 226 valence electrons. The number of pyridine rings is 1. The standard InChI is InChI=1S/C29H17ClF10N2O/c30-19-8-11-24(41-15-19)26(14-16-4-2-1-3-5-16,21-13-18(27(32,33)34)7-9-20(21)28(35,36)37)42-25(43)17-6-10-23(31)22(12-17)29(38,39)40/h1-13,15H,14H2,(H,42,43)/t26-/m1/s1. The Balaban J connectivity index is 2.07. The van der Waals surface area contributed by atoms with Crippen LogP contribution in [0.2, 0.25) is 5.02 Å². The molecule has 0 aliphatic rings. The molecule has 1 N–H and O–H groups in total. The predicted octanol–water partition coefficient (Wildman–Crippen LogP) is 8.85. The van der Waals surface area contributed by atoms with E-state index in [1.807, 2.05) is 0 Å². The number of aromatic nitrogens is 1. The van der Waals surface area contributed by atoms with Crippen LogP contribution in [0.15, 0.2) is 85.1 Å². The smallest absolute Gasteiger partial charge is 0.337 e. The van der Waals surface area contributed by atoms with E-state index < -0.39 is 75.7 Å². The van der Waals surface area contributed by atoms with Gasteiger partial charge in [0.25, 0.3) is 5.91 Å². The predicted molar refractivity (Wildman–Crippen MR) is 135 cm³/mol. The molecule has 43 heavy (non-hydrogen) atoms. The molecule has 4 aromatic rings. The van der Waals surface area contributed by atoms with Crippen molar-refractivity contribution >= 4 is 17.5 Å². The number of hydrogen-bond donors (Lipinski definition) is 1. The van der Waals surface area contributed by atoms with Gasteiger partial charge in [-0.15, -0.1) is 0 Å². The molecule has 3 aromatic carbocycles. The number of amides is 1. The van der Waals surface area contributed by atoms with E-state index in [-0.39, 0.29) is 34.9 Å². The molecule has 1 amide bonds. The number of halogens is 11. The van der Waals surface area contributed by atoms with Crippen molar-refractivity contribution < 1.29 is 48.7 Å². The van der Waals surface area contributed by atoms with Gasteiger partial charge in [0.1, 0.15) is 11.4 Å². The second kappa shape index (κ2) is 11.5. The summed E-state index contributed by atoms with van der Waals surface area (Å²) in [4.78, 5) is 17.6. The molecule has 0 radical (unpaired) electrons. The lowest BCUT2D eigenvalue weighted by molar-refractivity contribution is -0.142. The van der Waals surface area contributed by atoms with Crippen LogP contribution in [0, 0.1) is 5.82 Å². The number of hydrogen-bond acceptors (Lipinski definition) is 2. The highest BCUT2D eigenvalue weighted by Crippen LogP contribution is 2.44. The number of alkyl halides is 9. The van der Waals surface area contributed by atoms with Crippen LogP contribution in [-0.2, 0) is 30.5 Å². The van der Waals surface area contributed by atoms with Crippen LogP contribution in [0.1, 0.15) is 43.9 Å². The first-order valence-electron chi connectivity index (χ1n) is 12.1. The lowest BCUT2D eigenvalue weighted by Crippen LogP contribution is -2.50. The fourth-order valence-electron chi connectivity index (χ4n) is 4.50. The van der Waals surface area contributed by atoms with E-state index in [1.54, 1.807) is 6.07 Å². The minimum absolute atomic E-state index is 0.0165. The van der Waals surface area contributed by atoms with Gasteiger partial charge in [-0.05, 0) is 59.7 Å². The second-order valence-corrected chi connectivity index (χ2v) is 9.77. The molecule has 0 saturated heterocycles. The van der Waals surface area contributed by atoms with E-state index in [0.717, 1.165) is 18.3 Å². The van der Waals surface area contributed by atoms with Gasteiger partial charge in [-0.2, -0.15) is 39.5 Å². The Hall–Kier alpha value is -4.13. The molecule has 4 rings (SSSR count). The zero-order valence-corrected chi connectivity index (χ0v) is 22.1. The van der Waals surface area contributed by atoms with Crippen LogP contribution in [0.4, 0.5) is 43.9 Å². The van der Waals surface area contributed by atoms with E-state index in [0.29, 0.717) is 12.1 Å². The van der Waals surface area contributed by atoms with E-state index in [9.17, 15) is 48.7 Å². The molecule has 0 bridgehead atoms. The van der Waals surface area contributed by atoms with Crippen molar-refractivity contribution in [2.24, 2.45) is 0 Å². The van der Waals surface area contributed by atoms with Crippen molar-refractivity contribution in [1.29, 1.82) is 0 Å². The minimum Gasteiger partial charge on any atom is -0.337 e. The summed E-state index contributed by atoms with van der Waals surface area (Å²) in [5.41, 5.74) is -9.64. The maximum absolute atomic E-state index is 14.4. The van der Waals surface area contributed by atoms with Crippen molar-refractivity contribution in [3.63, 3.8) is 0 Å². The first kappa shape index (κ1) is 31.8. The maximum atomic E-state index is 14.4. The topological polar surface area (TPSA) is 42.0 Å². The Morgan fingerprint density at radius 2 is 1.37 bits per heavy atom. The average molecular weight is 635 g/mol. The molecule has 0 aliphatic carbocycles. The summed E-state index contributed by atoms with van der Waals surface area (Å²) in [6.07, 6.45) is -15.3. The van der Waals surface area contributed by atoms with Gasteiger partial charge in [-0.25, -0.2) is 4.39 Å². The number of carbonyl (C=O) groups is 1. The summed E-state index contributed by atoms with van der Waals surface area (Å²) in [6, 6.07) is 11.3. The second-order valence-electron chi connectivity index (χ2n) is 9.33. The van der Waals surface area contributed by atoms with Crippen LogP contribution < -0.4 is 5.32 Å². The largest absolute Gasteiger partial charge is 0.419 e. The number of rotatable bonds is 6. The van der Waals surface area contributed by atoms with E-state index in [4.69, 9.17) is 11.6 Å². The van der Waals surface area contributed by atoms with Gasteiger partial charge in [-0.3, -0.25) is 9.78 Å². The van der Waals surface area contributed by atoms with Crippen molar-refractivity contribution in [3.8, 4) is 0 Å². The third-order valence-electron chi connectivity index (χ3n) is 6.45. The Labute approximate surface area is 242 Å². The average Bonchev–Trinajstić information content (AvgIpc) is 2.92. The van der Waals surface area contributed by atoms with Crippen LogP contribution in [0.3, 0.4) is 0 Å². The summed E-state index contributed by atoms with van der Waals surface area (Å²) >= 11 is 5.91. The zero-order valence-electron chi connectivity index (χ0n) is 21.3. The summed E-state index contributed by atoms with van der Waals surface area (Å²) < 4.78 is 139. The number of nitrogens with zero attached hydrogens (tertiary/aromatic N) is 1. The van der Waals surface area contributed by atoms with Gasteiger partial charge < -0.3 is 5.32 Å². The van der Waals surface area contributed by atoms with Gasteiger partial charge in [-0.1, -0.05) is 41.9 Å². The van der Waals surface area contributed by atoms with Gasteiger partial charge >= 0.3 is 18.5 Å². The van der Waals surface area contributed by atoms with Crippen LogP contribution in [0.25, 0.3) is 0 Å². The number of benzene rings is 3.